The van der Waals surface area contributed by atoms with Gasteiger partial charge in [-0.1, -0.05) is 6.07 Å². The van der Waals surface area contributed by atoms with Crippen molar-refractivity contribution in [1.29, 1.82) is 0 Å². The highest BCUT2D eigenvalue weighted by molar-refractivity contribution is 5.99. The molecule has 0 atom stereocenters. The van der Waals surface area contributed by atoms with Crippen molar-refractivity contribution in [3.63, 3.8) is 0 Å². The molecule has 0 aliphatic heterocycles. The first-order valence-corrected chi connectivity index (χ1v) is 5.23. The number of hydrogen-bond donors (Lipinski definition) is 1. The zero-order chi connectivity index (χ0) is 11.5. The van der Waals surface area contributed by atoms with E-state index in [0.717, 1.165) is 12.8 Å². The molecule has 1 N–H and O–H groups in total. The summed E-state index contributed by atoms with van der Waals surface area (Å²) >= 11 is 0. The topological polar surface area (TPSA) is 55.4 Å². The first-order chi connectivity index (χ1) is 7.76. The predicted octanol–water partition coefficient (Wildman–Crippen LogP) is 1.40. The lowest BCUT2D eigenvalue weighted by atomic mass is 10.1. The van der Waals surface area contributed by atoms with E-state index in [0.29, 0.717) is 23.2 Å². The predicted molar refractivity (Wildman–Crippen MR) is 58.9 cm³/mol. The molecule has 4 nitrogen and oxygen atoms in total. The summed E-state index contributed by atoms with van der Waals surface area (Å²) < 4.78 is 5.61. The standard InChI is InChI=1S/C12H13NO3/c1-13-12(15)10-4-2-3-8(7-14)11(10)16-9-5-6-9/h2-4,7,9H,5-6H2,1H3,(H,13,15). The van der Waals surface area contributed by atoms with E-state index >= 15 is 0 Å². The van der Waals surface area contributed by atoms with Crippen LogP contribution in [0.3, 0.4) is 0 Å². The van der Waals surface area contributed by atoms with Gasteiger partial charge in [0.1, 0.15) is 5.75 Å². The molecule has 84 valence electrons. The van der Waals surface area contributed by atoms with Crippen LogP contribution in [0.4, 0.5) is 0 Å². The quantitative estimate of drug-likeness (QED) is 0.779. The number of amides is 1. The zero-order valence-corrected chi connectivity index (χ0v) is 9.03. The Bertz CT molecular complexity index is 424. The maximum absolute atomic E-state index is 11.6. The Morgan fingerprint density at radius 3 is 2.81 bits per heavy atom. The molecule has 0 heterocycles. The smallest absolute Gasteiger partial charge is 0.254 e. The summed E-state index contributed by atoms with van der Waals surface area (Å²) in [5.74, 6) is 0.165. The summed E-state index contributed by atoms with van der Waals surface area (Å²) in [4.78, 5) is 22.5. The van der Waals surface area contributed by atoms with Gasteiger partial charge in [0.05, 0.1) is 17.2 Å². The van der Waals surface area contributed by atoms with E-state index in [2.05, 4.69) is 5.32 Å². The normalized spacial score (nSPS) is 14.3. The largest absolute Gasteiger partial charge is 0.489 e. The Kier molecular flexibility index (Phi) is 2.90. The highest BCUT2D eigenvalue weighted by Gasteiger charge is 2.27. The molecule has 1 saturated carbocycles. The van der Waals surface area contributed by atoms with E-state index in [1.807, 2.05) is 0 Å². The molecule has 16 heavy (non-hydrogen) atoms. The summed E-state index contributed by atoms with van der Waals surface area (Å²) in [7, 11) is 1.55. The van der Waals surface area contributed by atoms with Gasteiger partial charge in [0.2, 0.25) is 0 Å². The number of para-hydroxylation sites is 1. The lowest BCUT2D eigenvalue weighted by molar-refractivity contribution is 0.0958. The second-order valence-corrected chi connectivity index (χ2v) is 3.74. The maximum atomic E-state index is 11.6. The fourth-order valence-electron chi connectivity index (χ4n) is 1.45. The molecule has 1 aliphatic rings. The fourth-order valence-corrected chi connectivity index (χ4v) is 1.45. The van der Waals surface area contributed by atoms with Crippen molar-refractivity contribution in [3.8, 4) is 5.75 Å². The van der Waals surface area contributed by atoms with E-state index in [9.17, 15) is 9.59 Å². The number of carbonyl (C=O) groups excluding carboxylic acids is 2. The van der Waals surface area contributed by atoms with Gasteiger partial charge in [0.25, 0.3) is 5.91 Å². The number of hydrogen-bond acceptors (Lipinski definition) is 3. The lowest BCUT2D eigenvalue weighted by Crippen LogP contribution is -2.19. The zero-order valence-electron chi connectivity index (χ0n) is 9.03. The Morgan fingerprint density at radius 1 is 1.50 bits per heavy atom. The lowest BCUT2D eigenvalue weighted by Gasteiger charge is -2.11. The highest BCUT2D eigenvalue weighted by Crippen LogP contribution is 2.31. The number of rotatable bonds is 4. The van der Waals surface area contributed by atoms with Gasteiger partial charge in [-0.3, -0.25) is 9.59 Å². The van der Waals surface area contributed by atoms with Gasteiger partial charge < -0.3 is 10.1 Å². The van der Waals surface area contributed by atoms with Crippen LogP contribution in [0.15, 0.2) is 18.2 Å². The van der Waals surface area contributed by atoms with Gasteiger partial charge in [-0.15, -0.1) is 0 Å². The van der Waals surface area contributed by atoms with Crippen LogP contribution in [0.5, 0.6) is 5.75 Å². The molecule has 1 aromatic rings. The molecule has 1 aromatic carbocycles. The molecule has 1 amide bonds. The van der Waals surface area contributed by atoms with Crippen molar-refractivity contribution in [2.45, 2.75) is 18.9 Å². The van der Waals surface area contributed by atoms with E-state index < -0.39 is 0 Å². The van der Waals surface area contributed by atoms with Crippen molar-refractivity contribution in [1.82, 2.24) is 5.32 Å². The Morgan fingerprint density at radius 2 is 2.25 bits per heavy atom. The minimum Gasteiger partial charge on any atom is -0.489 e. The Labute approximate surface area is 93.6 Å². The van der Waals surface area contributed by atoms with Gasteiger partial charge in [-0.05, 0) is 25.0 Å². The molecule has 1 aliphatic carbocycles. The summed E-state index contributed by atoms with van der Waals surface area (Å²) in [6.07, 6.45) is 2.84. The highest BCUT2D eigenvalue weighted by atomic mass is 16.5. The molecule has 1 fully saturated rings. The van der Waals surface area contributed by atoms with Crippen LogP contribution in [-0.2, 0) is 0 Å². The molecule has 0 unspecified atom stereocenters. The first-order valence-electron chi connectivity index (χ1n) is 5.23. The maximum Gasteiger partial charge on any atom is 0.254 e. The van der Waals surface area contributed by atoms with E-state index in [1.54, 1.807) is 25.2 Å². The van der Waals surface area contributed by atoms with E-state index in [1.165, 1.54) is 0 Å². The summed E-state index contributed by atoms with van der Waals surface area (Å²) in [6, 6.07) is 4.98. The van der Waals surface area contributed by atoms with Crippen molar-refractivity contribution in [2.24, 2.45) is 0 Å². The average Bonchev–Trinajstić information content (AvgIpc) is 3.12. The van der Waals surface area contributed by atoms with Crippen molar-refractivity contribution in [2.75, 3.05) is 7.05 Å². The molecule has 0 saturated heterocycles. The van der Waals surface area contributed by atoms with Crippen LogP contribution >= 0.6 is 0 Å². The second kappa shape index (κ2) is 4.35. The monoisotopic (exact) mass is 219 g/mol. The molecule has 4 heteroatoms. The molecule has 0 aromatic heterocycles. The van der Waals surface area contributed by atoms with Crippen molar-refractivity contribution in [3.05, 3.63) is 29.3 Å². The van der Waals surface area contributed by atoms with Crippen molar-refractivity contribution < 1.29 is 14.3 Å². The number of nitrogens with one attached hydrogen (secondary N) is 1. The van der Waals surface area contributed by atoms with E-state index in [-0.39, 0.29) is 12.0 Å². The van der Waals surface area contributed by atoms with Crippen LogP contribution in [0.1, 0.15) is 33.6 Å². The Balaban J connectivity index is 2.40. The number of aldehydes is 1. The minimum absolute atomic E-state index is 0.157. The first kappa shape index (κ1) is 10.7. The summed E-state index contributed by atoms with van der Waals surface area (Å²) in [6.45, 7) is 0. The molecular formula is C12H13NO3. The van der Waals surface area contributed by atoms with Gasteiger partial charge in [-0.25, -0.2) is 0 Å². The Hall–Kier alpha value is -1.84. The number of carbonyl (C=O) groups is 2. The van der Waals surface area contributed by atoms with Gasteiger partial charge in [-0.2, -0.15) is 0 Å². The molecule has 2 rings (SSSR count). The fraction of sp³-hybridized carbons (Fsp3) is 0.333. The van der Waals surface area contributed by atoms with Gasteiger partial charge >= 0.3 is 0 Å². The van der Waals surface area contributed by atoms with Crippen LogP contribution in [0.2, 0.25) is 0 Å². The molecular weight excluding hydrogens is 206 g/mol. The third kappa shape index (κ3) is 2.05. The third-order valence-corrected chi connectivity index (χ3v) is 2.45. The number of benzene rings is 1. The van der Waals surface area contributed by atoms with Crippen LogP contribution < -0.4 is 10.1 Å². The van der Waals surface area contributed by atoms with E-state index in [4.69, 9.17) is 4.74 Å². The summed E-state index contributed by atoms with van der Waals surface area (Å²) in [5, 5.41) is 2.53. The van der Waals surface area contributed by atoms with Crippen molar-refractivity contribution >= 4 is 12.2 Å². The summed E-state index contributed by atoms with van der Waals surface area (Å²) in [5.41, 5.74) is 0.840. The molecule has 0 radical (unpaired) electrons. The van der Waals surface area contributed by atoms with Crippen LogP contribution in [-0.4, -0.2) is 25.3 Å². The molecule has 0 bridgehead atoms. The number of ether oxygens (including phenoxy) is 1. The third-order valence-electron chi connectivity index (χ3n) is 2.45. The van der Waals surface area contributed by atoms with Gasteiger partial charge in [0, 0.05) is 7.05 Å². The van der Waals surface area contributed by atoms with Crippen LogP contribution in [0.25, 0.3) is 0 Å². The van der Waals surface area contributed by atoms with Crippen LogP contribution in [0, 0.1) is 0 Å². The SMILES string of the molecule is CNC(=O)c1cccc(C=O)c1OC1CC1. The minimum atomic E-state index is -0.237. The second-order valence-electron chi connectivity index (χ2n) is 3.74. The average molecular weight is 219 g/mol. The molecule has 0 spiro atoms. The van der Waals surface area contributed by atoms with Gasteiger partial charge in [0.15, 0.2) is 6.29 Å².